The van der Waals surface area contributed by atoms with Crippen LogP contribution < -0.4 is 4.72 Å². The second kappa shape index (κ2) is 6.34. The summed E-state index contributed by atoms with van der Waals surface area (Å²) in [5.41, 5.74) is 0.238. The van der Waals surface area contributed by atoms with Gasteiger partial charge >= 0.3 is 0 Å². The second-order valence-corrected chi connectivity index (χ2v) is 6.83. The number of sulfonamides is 1. The zero-order valence-corrected chi connectivity index (χ0v) is 13.5. The highest BCUT2D eigenvalue weighted by Gasteiger charge is 2.29. The Kier molecular flexibility index (Phi) is 4.83. The zero-order valence-electron chi connectivity index (χ0n) is 12.7. The Balaban J connectivity index is 2.23. The second-order valence-electron chi connectivity index (χ2n) is 5.18. The van der Waals surface area contributed by atoms with Crippen molar-refractivity contribution < 1.29 is 26.8 Å². The van der Waals surface area contributed by atoms with Crippen LogP contribution in [0, 0.1) is 25.5 Å². The molecule has 0 aliphatic carbocycles. The normalized spacial score (nSPS) is 14.7. The average Bonchev–Trinajstić information content (AvgIpc) is 2.80. The third kappa shape index (κ3) is 3.57. The molecule has 2 atom stereocenters. The summed E-state index contributed by atoms with van der Waals surface area (Å²) >= 11 is 0. The summed E-state index contributed by atoms with van der Waals surface area (Å²) in [5.74, 6) is -2.06. The molecule has 0 saturated carbocycles. The number of nitrogens with one attached hydrogen (secondary N) is 1. The molecule has 0 saturated heterocycles. The zero-order chi connectivity index (χ0) is 17.4. The Morgan fingerprint density at radius 1 is 1.26 bits per heavy atom. The molecule has 0 aliphatic heterocycles. The van der Waals surface area contributed by atoms with E-state index in [9.17, 15) is 22.3 Å². The van der Waals surface area contributed by atoms with Gasteiger partial charge in [0.25, 0.3) is 0 Å². The Morgan fingerprint density at radius 2 is 1.91 bits per heavy atom. The smallest absolute Gasteiger partial charge is 0.246 e. The number of halogens is 2. The first-order chi connectivity index (χ1) is 10.6. The van der Waals surface area contributed by atoms with Gasteiger partial charge in [0.05, 0.1) is 6.10 Å². The molecule has 1 aromatic heterocycles. The molecular weight excluding hydrogens is 330 g/mol. The highest BCUT2D eigenvalue weighted by atomic mass is 32.2. The lowest BCUT2D eigenvalue weighted by Crippen LogP contribution is -2.37. The van der Waals surface area contributed by atoms with Crippen LogP contribution in [0.15, 0.2) is 27.6 Å². The molecule has 23 heavy (non-hydrogen) atoms. The molecular formula is C14H16F2N2O4S. The van der Waals surface area contributed by atoms with Crippen LogP contribution in [0.1, 0.15) is 30.0 Å². The maximum Gasteiger partial charge on any atom is 0.246 e. The molecule has 0 radical (unpaired) electrons. The van der Waals surface area contributed by atoms with Gasteiger partial charge in [0.2, 0.25) is 10.0 Å². The fraction of sp³-hybridized carbons (Fsp3) is 0.357. The van der Waals surface area contributed by atoms with Crippen molar-refractivity contribution in [3.8, 4) is 0 Å². The fourth-order valence-electron chi connectivity index (χ4n) is 2.21. The van der Waals surface area contributed by atoms with Gasteiger partial charge < -0.3 is 9.63 Å². The first-order valence-corrected chi connectivity index (χ1v) is 8.20. The summed E-state index contributed by atoms with van der Waals surface area (Å²) < 4.78 is 57.9. The Hall–Kier alpha value is -1.84. The van der Waals surface area contributed by atoms with Gasteiger partial charge in [-0.05, 0) is 38.5 Å². The minimum absolute atomic E-state index is 0.0536. The first-order valence-electron chi connectivity index (χ1n) is 6.71. The minimum Gasteiger partial charge on any atom is -0.387 e. The van der Waals surface area contributed by atoms with Gasteiger partial charge in [0.1, 0.15) is 10.6 Å². The number of nitrogens with zero attached hydrogens (tertiary/aromatic N) is 1. The average molecular weight is 346 g/mol. The van der Waals surface area contributed by atoms with Crippen LogP contribution in [0.2, 0.25) is 0 Å². The molecule has 6 nitrogen and oxygen atoms in total. The first kappa shape index (κ1) is 17.5. The standard InChI is InChI=1S/C14H16F2N2O4S/c1-7(13(19)10-4-5-11(15)12(16)6-10)18-23(20,21)14-8(2)17-22-9(14)3/h4-7,13,18-19H,1-3H3/t7-,13+/m0/s1. The van der Waals surface area contributed by atoms with Crippen LogP contribution in [0.5, 0.6) is 0 Å². The summed E-state index contributed by atoms with van der Waals surface area (Å²) in [6, 6.07) is 1.88. The molecule has 126 valence electrons. The number of aryl methyl sites for hydroxylation is 2. The van der Waals surface area contributed by atoms with Gasteiger partial charge in [0.15, 0.2) is 17.4 Å². The third-order valence-electron chi connectivity index (χ3n) is 3.34. The van der Waals surface area contributed by atoms with Gasteiger partial charge in [-0.15, -0.1) is 0 Å². The third-order valence-corrected chi connectivity index (χ3v) is 5.14. The van der Waals surface area contributed by atoms with Gasteiger partial charge in [-0.25, -0.2) is 21.9 Å². The Bertz CT molecular complexity index is 801. The molecule has 0 amide bonds. The SMILES string of the molecule is Cc1noc(C)c1S(=O)(=O)N[C@@H](C)[C@@H](O)c1ccc(F)c(F)c1. The molecule has 0 unspecified atom stereocenters. The number of hydrogen-bond acceptors (Lipinski definition) is 5. The molecule has 0 bridgehead atoms. The van der Waals surface area contributed by atoms with E-state index in [1.165, 1.54) is 26.8 Å². The maximum atomic E-state index is 13.2. The van der Waals surface area contributed by atoms with Crippen LogP contribution in [-0.4, -0.2) is 24.7 Å². The number of benzene rings is 1. The van der Waals surface area contributed by atoms with E-state index in [2.05, 4.69) is 9.88 Å². The van der Waals surface area contributed by atoms with Crippen LogP contribution in [-0.2, 0) is 10.0 Å². The summed E-state index contributed by atoms with van der Waals surface area (Å²) in [6.07, 6.45) is -1.36. The van der Waals surface area contributed by atoms with E-state index >= 15 is 0 Å². The summed E-state index contributed by atoms with van der Waals surface area (Å²) in [7, 11) is -3.98. The van der Waals surface area contributed by atoms with Crippen molar-refractivity contribution in [2.75, 3.05) is 0 Å². The van der Waals surface area contributed by atoms with E-state index in [-0.39, 0.29) is 21.9 Å². The lowest BCUT2D eigenvalue weighted by Gasteiger charge is -2.20. The summed E-state index contributed by atoms with van der Waals surface area (Å²) in [5, 5.41) is 13.7. The van der Waals surface area contributed by atoms with E-state index in [1.807, 2.05) is 0 Å². The van der Waals surface area contributed by atoms with E-state index in [4.69, 9.17) is 4.52 Å². The molecule has 2 aromatic rings. The van der Waals surface area contributed by atoms with Crippen molar-refractivity contribution in [1.82, 2.24) is 9.88 Å². The molecule has 1 heterocycles. The van der Waals surface area contributed by atoms with Gasteiger partial charge in [-0.1, -0.05) is 11.2 Å². The minimum atomic E-state index is -3.98. The molecule has 2 rings (SSSR count). The van der Waals surface area contributed by atoms with Crippen LogP contribution in [0.25, 0.3) is 0 Å². The Morgan fingerprint density at radius 3 is 2.43 bits per heavy atom. The van der Waals surface area contributed by atoms with Crippen molar-refractivity contribution in [2.24, 2.45) is 0 Å². The van der Waals surface area contributed by atoms with Crippen molar-refractivity contribution in [2.45, 2.75) is 37.8 Å². The predicted molar refractivity (Wildman–Crippen MR) is 77.1 cm³/mol. The number of aromatic nitrogens is 1. The van der Waals surface area contributed by atoms with E-state index in [0.717, 1.165) is 12.1 Å². The molecule has 0 spiro atoms. The number of aliphatic hydroxyl groups is 1. The quantitative estimate of drug-likeness (QED) is 0.863. The number of aliphatic hydroxyl groups excluding tert-OH is 1. The highest BCUT2D eigenvalue weighted by Crippen LogP contribution is 2.23. The predicted octanol–water partition coefficient (Wildman–Crippen LogP) is 1.97. The molecule has 9 heteroatoms. The van der Waals surface area contributed by atoms with E-state index in [1.54, 1.807) is 0 Å². The summed E-state index contributed by atoms with van der Waals surface area (Å²) in [6.45, 7) is 4.33. The topological polar surface area (TPSA) is 92.4 Å². The lowest BCUT2D eigenvalue weighted by molar-refractivity contribution is 0.146. The number of hydrogen-bond donors (Lipinski definition) is 2. The van der Waals surface area contributed by atoms with Gasteiger partial charge in [0, 0.05) is 6.04 Å². The van der Waals surface area contributed by atoms with Crippen LogP contribution >= 0.6 is 0 Å². The molecule has 0 fully saturated rings. The van der Waals surface area contributed by atoms with Gasteiger partial charge in [-0.3, -0.25) is 0 Å². The van der Waals surface area contributed by atoms with Gasteiger partial charge in [-0.2, -0.15) is 0 Å². The molecule has 2 N–H and O–H groups in total. The van der Waals surface area contributed by atoms with Crippen LogP contribution in [0.3, 0.4) is 0 Å². The van der Waals surface area contributed by atoms with Crippen molar-refractivity contribution in [3.05, 3.63) is 46.9 Å². The van der Waals surface area contributed by atoms with E-state index < -0.39 is 33.8 Å². The molecule has 1 aromatic carbocycles. The monoisotopic (exact) mass is 346 g/mol. The number of rotatable bonds is 5. The fourth-order valence-corrected chi connectivity index (χ4v) is 3.79. The van der Waals surface area contributed by atoms with Crippen molar-refractivity contribution in [1.29, 1.82) is 0 Å². The lowest BCUT2D eigenvalue weighted by atomic mass is 10.0. The highest BCUT2D eigenvalue weighted by molar-refractivity contribution is 7.89. The summed E-state index contributed by atoms with van der Waals surface area (Å²) in [4.78, 5) is -0.109. The van der Waals surface area contributed by atoms with Crippen molar-refractivity contribution in [3.63, 3.8) is 0 Å². The maximum absolute atomic E-state index is 13.2. The Labute approximate surface area is 132 Å². The van der Waals surface area contributed by atoms with Crippen molar-refractivity contribution >= 4 is 10.0 Å². The van der Waals surface area contributed by atoms with E-state index in [0.29, 0.717) is 0 Å². The molecule has 0 aliphatic rings. The van der Waals surface area contributed by atoms with Crippen LogP contribution in [0.4, 0.5) is 8.78 Å². The largest absolute Gasteiger partial charge is 0.387 e.